The van der Waals surface area contributed by atoms with Crippen LogP contribution in [0.15, 0.2) is 0 Å². The van der Waals surface area contributed by atoms with E-state index in [0.29, 0.717) is 25.4 Å². The molecule has 1 unspecified atom stereocenters. The molecule has 5 nitrogen and oxygen atoms in total. The van der Waals surface area contributed by atoms with Crippen LogP contribution in [0.5, 0.6) is 0 Å². The van der Waals surface area contributed by atoms with Crippen LogP contribution in [0, 0.1) is 16.7 Å². The van der Waals surface area contributed by atoms with Gasteiger partial charge in [-0.3, -0.25) is 8.98 Å². The zero-order valence-electron chi connectivity index (χ0n) is 12.8. The summed E-state index contributed by atoms with van der Waals surface area (Å²) in [6.45, 7) is 4.82. The van der Waals surface area contributed by atoms with Crippen molar-refractivity contribution in [2.24, 2.45) is 16.7 Å². The van der Waals surface area contributed by atoms with Crippen molar-refractivity contribution >= 4 is 15.9 Å². The second kappa shape index (κ2) is 5.03. The first-order valence-corrected chi connectivity index (χ1v) is 9.37. The molecule has 0 aromatic rings. The number of hydrogen-bond donors (Lipinski definition) is 0. The molecule has 3 rings (SSSR count). The van der Waals surface area contributed by atoms with E-state index in [2.05, 4.69) is 0 Å². The van der Waals surface area contributed by atoms with Crippen LogP contribution in [0.4, 0.5) is 0 Å². The Balaban J connectivity index is 1.70. The van der Waals surface area contributed by atoms with Crippen LogP contribution in [0.1, 0.15) is 46.0 Å². The normalized spacial score (nSPS) is 38.3. The first-order valence-electron chi connectivity index (χ1n) is 7.79. The number of ether oxygens (including phenoxy) is 1. The fourth-order valence-electron chi connectivity index (χ4n) is 4.41. The van der Waals surface area contributed by atoms with E-state index in [1.807, 2.05) is 13.8 Å². The van der Waals surface area contributed by atoms with Crippen molar-refractivity contribution in [2.75, 3.05) is 19.0 Å². The highest BCUT2D eigenvalue weighted by Crippen LogP contribution is 2.64. The zero-order valence-corrected chi connectivity index (χ0v) is 13.6. The van der Waals surface area contributed by atoms with Gasteiger partial charge in [-0.15, -0.1) is 0 Å². The minimum Gasteiger partial charge on any atom is -0.376 e. The van der Waals surface area contributed by atoms with Crippen LogP contribution >= 0.6 is 0 Å². The molecular weight excluding hydrogens is 292 g/mol. The Kier molecular flexibility index (Phi) is 3.70. The monoisotopic (exact) mass is 316 g/mol. The lowest BCUT2D eigenvalue weighted by Crippen LogP contribution is -2.42. The van der Waals surface area contributed by atoms with E-state index in [0.717, 1.165) is 19.3 Å². The van der Waals surface area contributed by atoms with Crippen molar-refractivity contribution in [3.8, 4) is 0 Å². The van der Waals surface area contributed by atoms with Crippen LogP contribution in [0.2, 0.25) is 0 Å². The SMILES string of the molecule is CC1(C)[C@H]2CC[C@]1(CS(=O)(=O)OCC1CCCO1)C(=O)C2. The minimum absolute atomic E-state index is 0.0798. The number of Topliss-reactive ketones (excluding diaryl/α,β-unsaturated/α-hetero) is 1. The van der Waals surface area contributed by atoms with Gasteiger partial charge in [-0.1, -0.05) is 13.8 Å². The molecular formula is C15H24O5S. The first-order chi connectivity index (χ1) is 9.77. The van der Waals surface area contributed by atoms with Crippen LogP contribution in [-0.2, 0) is 23.8 Å². The highest BCUT2D eigenvalue weighted by atomic mass is 32.2. The first kappa shape index (κ1) is 15.4. The molecule has 3 aliphatic rings. The van der Waals surface area contributed by atoms with E-state index >= 15 is 0 Å². The lowest BCUT2D eigenvalue weighted by atomic mass is 9.70. The topological polar surface area (TPSA) is 69.7 Å². The van der Waals surface area contributed by atoms with E-state index in [-0.39, 0.29) is 29.7 Å². The summed E-state index contributed by atoms with van der Waals surface area (Å²) in [5, 5.41) is 0. The van der Waals surface area contributed by atoms with Crippen molar-refractivity contribution in [1.29, 1.82) is 0 Å². The molecule has 2 aliphatic carbocycles. The summed E-state index contributed by atoms with van der Waals surface area (Å²) in [4.78, 5) is 12.4. The Labute approximate surface area is 126 Å². The Morgan fingerprint density at radius 1 is 1.33 bits per heavy atom. The molecule has 0 aromatic heterocycles. The van der Waals surface area contributed by atoms with Gasteiger partial charge in [0, 0.05) is 13.0 Å². The van der Waals surface area contributed by atoms with E-state index in [9.17, 15) is 13.2 Å². The van der Waals surface area contributed by atoms with Crippen molar-refractivity contribution in [3.63, 3.8) is 0 Å². The van der Waals surface area contributed by atoms with Gasteiger partial charge in [-0.2, -0.15) is 8.42 Å². The van der Waals surface area contributed by atoms with Gasteiger partial charge < -0.3 is 4.74 Å². The number of hydrogen-bond acceptors (Lipinski definition) is 5. The predicted octanol–water partition coefficient (Wildman–Crippen LogP) is 1.91. The molecule has 0 radical (unpaired) electrons. The molecule has 120 valence electrons. The fraction of sp³-hybridized carbons (Fsp3) is 0.933. The van der Waals surface area contributed by atoms with Crippen LogP contribution in [-0.4, -0.2) is 39.3 Å². The minimum atomic E-state index is -3.70. The molecule has 1 aliphatic heterocycles. The Bertz CT molecular complexity index is 532. The molecule has 0 spiro atoms. The van der Waals surface area contributed by atoms with Crippen molar-refractivity contribution in [3.05, 3.63) is 0 Å². The highest BCUT2D eigenvalue weighted by molar-refractivity contribution is 7.86. The third kappa shape index (κ3) is 2.45. The van der Waals surface area contributed by atoms with E-state index in [1.54, 1.807) is 0 Å². The smallest absolute Gasteiger partial charge is 0.268 e. The van der Waals surface area contributed by atoms with E-state index in [1.165, 1.54) is 0 Å². The molecule has 3 fully saturated rings. The molecule has 3 atom stereocenters. The second-order valence-corrected chi connectivity index (χ2v) is 8.93. The summed E-state index contributed by atoms with van der Waals surface area (Å²) < 4.78 is 35.2. The molecule has 2 bridgehead atoms. The van der Waals surface area contributed by atoms with Crippen molar-refractivity contribution in [1.82, 2.24) is 0 Å². The summed E-state index contributed by atoms with van der Waals surface area (Å²) in [7, 11) is -3.70. The van der Waals surface area contributed by atoms with Gasteiger partial charge in [-0.05, 0) is 37.0 Å². The maximum Gasteiger partial charge on any atom is 0.268 e. The third-order valence-corrected chi connectivity index (χ3v) is 7.36. The predicted molar refractivity (Wildman–Crippen MR) is 77.3 cm³/mol. The fourth-order valence-corrected chi connectivity index (χ4v) is 6.13. The number of fused-ring (bicyclic) bond motifs is 2. The largest absolute Gasteiger partial charge is 0.376 e. The van der Waals surface area contributed by atoms with Gasteiger partial charge in [0.25, 0.3) is 10.1 Å². The van der Waals surface area contributed by atoms with Gasteiger partial charge >= 0.3 is 0 Å². The number of carbonyl (C=O) groups excluding carboxylic acids is 1. The molecule has 0 amide bonds. The summed E-state index contributed by atoms with van der Waals surface area (Å²) in [5.41, 5.74) is -0.989. The molecule has 21 heavy (non-hydrogen) atoms. The quantitative estimate of drug-likeness (QED) is 0.725. The average Bonchev–Trinajstić information content (AvgIpc) is 3.02. The van der Waals surface area contributed by atoms with Gasteiger partial charge in [0.1, 0.15) is 5.78 Å². The molecule has 6 heteroatoms. The van der Waals surface area contributed by atoms with Crippen molar-refractivity contribution < 1.29 is 22.1 Å². The lowest BCUT2D eigenvalue weighted by molar-refractivity contribution is -0.128. The lowest BCUT2D eigenvalue weighted by Gasteiger charge is -2.35. The molecule has 0 N–H and O–H groups in total. The van der Waals surface area contributed by atoms with Crippen molar-refractivity contribution in [2.45, 2.75) is 52.1 Å². The standard InChI is InChI=1S/C15H24O5S/c1-14(2)11-5-6-15(14,13(16)8-11)10-21(17,18)20-9-12-4-3-7-19-12/h11-12H,3-10H2,1-2H3/t11-,12?,15-/m0/s1. The maximum atomic E-state index is 12.4. The molecule has 1 saturated heterocycles. The highest BCUT2D eigenvalue weighted by Gasteiger charge is 2.65. The average molecular weight is 316 g/mol. The summed E-state index contributed by atoms with van der Waals surface area (Å²) in [6, 6.07) is 0. The van der Waals surface area contributed by atoms with Gasteiger partial charge in [0.2, 0.25) is 0 Å². The van der Waals surface area contributed by atoms with Crippen LogP contribution in [0.25, 0.3) is 0 Å². The van der Waals surface area contributed by atoms with Crippen LogP contribution < -0.4 is 0 Å². The third-order valence-electron chi connectivity index (χ3n) is 6.02. The molecule has 2 saturated carbocycles. The Morgan fingerprint density at radius 2 is 2.10 bits per heavy atom. The number of ketones is 1. The second-order valence-electron chi connectivity index (χ2n) is 7.29. The summed E-state index contributed by atoms with van der Waals surface area (Å²) >= 11 is 0. The Hall–Kier alpha value is -0.460. The van der Waals surface area contributed by atoms with E-state index < -0.39 is 15.5 Å². The number of carbonyl (C=O) groups is 1. The Morgan fingerprint density at radius 3 is 2.62 bits per heavy atom. The zero-order chi connectivity index (χ0) is 15.3. The molecule has 1 heterocycles. The van der Waals surface area contributed by atoms with E-state index in [4.69, 9.17) is 8.92 Å². The van der Waals surface area contributed by atoms with Gasteiger partial charge in [0.15, 0.2) is 0 Å². The van der Waals surface area contributed by atoms with Crippen LogP contribution in [0.3, 0.4) is 0 Å². The molecule has 0 aromatic carbocycles. The summed E-state index contributed by atoms with van der Waals surface area (Å²) in [5.74, 6) is 0.251. The number of rotatable bonds is 5. The maximum absolute atomic E-state index is 12.4. The summed E-state index contributed by atoms with van der Waals surface area (Å²) in [6.07, 6.45) is 3.81. The van der Waals surface area contributed by atoms with Gasteiger partial charge in [0.05, 0.1) is 23.9 Å². The van der Waals surface area contributed by atoms with Gasteiger partial charge in [-0.25, -0.2) is 0 Å².